The Labute approximate surface area is 123 Å². The maximum atomic E-state index is 13.9. The van der Waals surface area contributed by atoms with Crippen LogP contribution < -0.4 is 5.73 Å². The van der Waals surface area contributed by atoms with Gasteiger partial charge in [0.05, 0.1) is 5.56 Å². The fraction of sp³-hybridized carbons (Fsp3) is 0.500. The number of nitrogens with zero attached hydrogens (tertiary/aromatic N) is 2. The summed E-state index contributed by atoms with van der Waals surface area (Å²) in [5, 5.41) is 4.06. The van der Waals surface area contributed by atoms with E-state index in [0.29, 0.717) is 17.4 Å². The number of benzene rings is 1. The SMILES string of the molecule is CCC1CCCC(c2noc(-c3c(N)cccc3F)n2)C1. The highest BCUT2D eigenvalue weighted by Crippen LogP contribution is 2.37. The highest BCUT2D eigenvalue weighted by atomic mass is 19.1. The third-order valence-electron chi connectivity index (χ3n) is 4.43. The number of aromatic nitrogens is 2. The number of rotatable bonds is 3. The molecule has 0 radical (unpaired) electrons. The molecule has 1 saturated carbocycles. The van der Waals surface area contributed by atoms with Gasteiger partial charge in [0.2, 0.25) is 0 Å². The average Bonchev–Trinajstić information content (AvgIpc) is 2.97. The second-order valence-corrected chi connectivity index (χ2v) is 5.80. The van der Waals surface area contributed by atoms with Crippen LogP contribution in [0, 0.1) is 11.7 Å². The fourth-order valence-corrected chi connectivity index (χ4v) is 3.16. The molecule has 2 N–H and O–H groups in total. The molecule has 4 nitrogen and oxygen atoms in total. The fourth-order valence-electron chi connectivity index (χ4n) is 3.16. The predicted octanol–water partition coefficient (Wildman–Crippen LogP) is 4.14. The maximum Gasteiger partial charge on any atom is 0.263 e. The van der Waals surface area contributed by atoms with E-state index < -0.39 is 5.82 Å². The van der Waals surface area contributed by atoms with Crippen LogP contribution in [0.25, 0.3) is 11.5 Å². The Morgan fingerprint density at radius 1 is 1.38 bits per heavy atom. The third-order valence-corrected chi connectivity index (χ3v) is 4.43. The summed E-state index contributed by atoms with van der Waals surface area (Å²) >= 11 is 0. The monoisotopic (exact) mass is 289 g/mol. The minimum Gasteiger partial charge on any atom is -0.398 e. The summed E-state index contributed by atoms with van der Waals surface area (Å²) in [5.41, 5.74) is 6.34. The van der Waals surface area contributed by atoms with Crippen molar-refractivity contribution < 1.29 is 8.91 Å². The zero-order valence-electron chi connectivity index (χ0n) is 12.2. The number of anilines is 1. The largest absolute Gasteiger partial charge is 0.398 e. The van der Waals surface area contributed by atoms with Crippen molar-refractivity contribution in [2.24, 2.45) is 5.92 Å². The van der Waals surface area contributed by atoms with Crippen LogP contribution in [0.3, 0.4) is 0 Å². The van der Waals surface area contributed by atoms with Gasteiger partial charge in [0.25, 0.3) is 5.89 Å². The Balaban J connectivity index is 1.86. The molecule has 2 aromatic rings. The van der Waals surface area contributed by atoms with Crippen molar-refractivity contribution in [1.82, 2.24) is 10.1 Å². The van der Waals surface area contributed by atoms with Crippen molar-refractivity contribution in [3.8, 4) is 11.5 Å². The zero-order valence-corrected chi connectivity index (χ0v) is 12.2. The van der Waals surface area contributed by atoms with Crippen molar-refractivity contribution in [2.75, 3.05) is 5.73 Å². The molecular formula is C16H20FN3O. The first kappa shape index (κ1) is 14.0. The lowest BCUT2D eigenvalue weighted by Crippen LogP contribution is -2.14. The Morgan fingerprint density at radius 3 is 3.00 bits per heavy atom. The number of nitrogen functional groups attached to an aromatic ring is 1. The Hall–Kier alpha value is -1.91. The molecular weight excluding hydrogens is 269 g/mol. The molecule has 21 heavy (non-hydrogen) atoms. The zero-order chi connectivity index (χ0) is 14.8. The minimum absolute atomic E-state index is 0.180. The molecule has 0 aliphatic heterocycles. The van der Waals surface area contributed by atoms with E-state index in [4.69, 9.17) is 10.3 Å². The van der Waals surface area contributed by atoms with Gasteiger partial charge in [0, 0.05) is 11.6 Å². The maximum absolute atomic E-state index is 13.9. The van der Waals surface area contributed by atoms with E-state index in [1.807, 2.05) is 0 Å². The molecule has 2 unspecified atom stereocenters. The molecule has 3 rings (SSSR count). The van der Waals surface area contributed by atoms with Crippen molar-refractivity contribution in [3.63, 3.8) is 0 Å². The van der Waals surface area contributed by atoms with Gasteiger partial charge >= 0.3 is 0 Å². The highest BCUT2D eigenvalue weighted by molar-refractivity contribution is 5.70. The second-order valence-electron chi connectivity index (χ2n) is 5.80. The molecule has 1 aliphatic rings. The molecule has 2 atom stereocenters. The summed E-state index contributed by atoms with van der Waals surface area (Å²) in [6.45, 7) is 2.22. The van der Waals surface area contributed by atoms with Gasteiger partial charge in [-0.05, 0) is 30.9 Å². The van der Waals surface area contributed by atoms with Gasteiger partial charge in [0.1, 0.15) is 5.82 Å². The van der Waals surface area contributed by atoms with Crippen LogP contribution in [0.4, 0.5) is 10.1 Å². The van der Waals surface area contributed by atoms with E-state index in [1.54, 1.807) is 12.1 Å². The van der Waals surface area contributed by atoms with Crippen molar-refractivity contribution in [2.45, 2.75) is 44.9 Å². The summed E-state index contributed by atoms with van der Waals surface area (Å²) in [7, 11) is 0. The lowest BCUT2D eigenvalue weighted by Gasteiger charge is -2.26. The molecule has 0 bridgehead atoms. The molecule has 0 amide bonds. The third kappa shape index (κ3) is 2.77. The van der Waals surface area contributed by atoms with Gasteiger partial charge in [-0.2, -0.15) is 4.98 Å². The first-order valence-corrected chi connectivity index (χ1v) is 7.57. The number of hydrogen-bond donors (Lipinski definition) is 1. The molecule has 1 aromatic heterocycles. The predicted molar refractivity (Wildman–Crippen MR) is 79.1 cm³/mol. The molecule has 5 heteroatoms. The summed E-state index contributed by atoms with van der Waals surface area (Å²) in [6, 6.07) is 4.55. The lowest BCUT2D eigenvalue weighted by atomic mass is 9.80. The first-order chi connectivity index (χ1) is 10.2. The summed E-state index contributed by atoms with van der Waals surface area (Å²) in [6.07, 6.45) is 5.80. The Kier molecular flexibility index (Phi) is 3.90. The quantitative estimate of drug-likeness (QED) is 0.862. The second kappa shape index (κ2) is 5.84. The standard InChI is InChI=1S/C16H20FN3O/c1-2-10-5-3-6-11(9-10)15-19-16(21-20-15)14-12(17)7-4-8-13(14)18/h4,7-8,10-11H,2-3,5-6,9,18H2,1H3. The van der Waals surface area contributed by atoms with E-state index in [2.05, 4.69) is 17.1 Å². The van der Waals surface area contributed by atoms with Crippen molar-refractivity contribution >= 4 is 5.69 Å². The molecule has 112 valence electrons. The van der Waals surface area contributed by atoms with E-state index in [1.165, 1.54) is 25.3 Å². The normalized spacial score (nSPS) is 22.4. The van der Waals surface area contributed by atoms with Crippen LogP contribution >= 0.6 is 0 Å². The smallest absolute Gasteiger partial charge is 0.263 e. The summed E-state index contributed by atoms with van der Waals surface area (Å²) in [4.78, 5) is 4.40. The van der Waals surface area contributed by atoms with E-state index in [9.17, 15) is 4.39 Å². The van der Waals surface area contributed by atoms with Crippen molar-refractivity contribution in [1.29, 1.82) is 0 Å². The molecule has 1 heterocycles. The molecule has 0 saturated heterocycles. The van der Waals surface area contributed by atoms with Gasteiger partial charge in [-0.15, -0.1) is 0 Å². The minimum atomic E-state index is -0.430. The van der Waals surface area contributed by atoms with Gasteiger partial charge in [-0.1, -0.05) is 37.4 Å². The van der Waals surface area contributed by atoms with Gasteiger partial charge in [-0.3, -0.25) is 0 Å². The van der Waals surface area contributed by atoms with Crippen LogP contribution in [-0.4, -0.2) is 10.1 Å². The number of halogens is 1. The summed E-state index contributed by atoms with van der Waals surface area (Å²) < 4.78 is 19.1. The summed E-state index contributed by atoms with van der Waals surface area (Å²) in [5.74, 6) is 1.48. The lowest BCUT2D eigenvalue weighted by molar-refractivity contribution is 0.300. The van der Waals surface area contributed by atoms with E-state index >= 15 is 0 Å². The van der Waals surface area contributed by atoms with Crippen LogP contribution in [0.1, 0.15) is 50.8 Å². The topological polar surface area (TPSA) is 64.9 Å². The Bertz CT molecular complexity index is 605. The molecule has 1 fully saturated rings. The van der Waals surface area contributed by atoms with Crippen LogP contribution in [0.15, 0.2) is 22.7 Å². The number of hydrogen-bond acceptors (Lipinski definition) is 4. The first-order valence-electron chi connectivity index (χ1n) is 7.57. The highest BCUT2D eigenvalue weighted by Gasteiger charge is 2.27. The van der Waals surface area contributed by atoms with Gasteiger partial charge in [-0.25, -0.2) is 4.39 Å². The van der Waals surface area contributed by atoms with Crippen LogP contribution in [-0.2, 0) is 0 Å². The molecule has 0 spiro atoms. The van der Waals surface area contributed by atoms with Gasteiger partial charge in [0.15, 0.2) is 5.82 Å². The number of nitrogens with two attached hydrogens (primary N) is 1. The van der Waals surface area contributed by atoms with Gasteiger partial charge < -0.3 is 10.3 Å². The van der Waals surface area contributed by atoms with Crippen molar-refractivity contribution in [3.05, 3.63) is 29.8 Å². The molecule has 1 aliphatic carbocycles. The van der Waals surface area contributed by atoms with E-state index in [-0.39, 0.29) is 11.5 Å². The Morgan fingerprint density at radius 2 is 2.24 bits per heavy atom. The average molecular weight is 289 g/mol. The van der Waals surface area contributed by atoms with Crippen LogP contribution in [0.2, 0.25) is 0 Å². The van der Waals surface area contributed by atoms with E-state index in [0.717, 1.165) is 18.8 Å². The molecule has 1 aromatic carbocycles. The van der Waals surface area contributed by atoms with Crippen LogP contribution in [0.5, 0.6) is 0 Å².